The van der Waals surface area contributed by atoms with Crippen LogP contribution in [0.4, 0.5) is 0 Å². The Bertz CT molecular complexity index is 2240. The van der Waals surface area contributed by atoms with Gasteiger partial charge in [-0.2, -0.15) is 0 Å². The van der Waals surface area contributed by atoms with E-state index in [4.69, 9.17) is 42.6 Å². The number of esters is 2. The van der Waals surface area contributed by atoms with Crippen LogP contribution >= 0.6 is 0 Å². The molecule has 24 heteroatoms. The summed E-state index contributed by atoms with van der Waals surface area (Å²) in [5.41, 5.74) is -2.45. The Morgan fingerprint density at radius 2 is 1.44 bits per heavy atom. The van der Waals surface area contributed by atoms with Crippen molar-refractivity contribution in [3.05, 3.63) is 11.6 Å². The van der Waals surface area contributed by atoms with Crippen molar-refractivity contribution in [3.63, 3.8) is 0 Å². The Balaban J connectivity index is 0.00000803. The second kappa shape index (κ2) is 22.5. The number of aliphatic hydroxyl groups excluding tert-OH is 10. The van der Waals surface area contributed by atoms with Gasteiger partial charge in [-0.1, -0.05) is 53.2 Å². The minimum atomic E-state index is -2.20. The standard InChI is InChI=1S/C54H84O23.Na/c1-22(23(2)71-24(3)57)45(68)70-21-54-26-16-49(4,5)43(42(54)65)73-32(54)17-53(9)25(26)10-11-30-50(6)14-13-31(51(7,20-56)29(50)12-15-52(30,53)8)74-48-40(76-46-36(62)33(59)27(58)19-69-46)38(64)39(41(77-48)44(66)67)75-47-37(63)35(61)34(60)28(18-55)72-47;/h10,22-23,26-43,46-48,55-56,58-65H,11-21H2,1-9H3,(H,66,67);/q;+1/p-1/t22?,23?,26?,27-,28-,29?,30?,31?,32-,33+,34-,35+,36-,37-,38+,39+,40-,41+,42?,43-,46+,47-,48-,50?,51-,52?,53-,54?;/m1./s1. The maximum Gasteiger partial charge on any atom is 1.00 e. The zero-order chi connectivity index (χ0) is 56.4. The summed E-state index contributed by atoms with van der Waals surface area (Å²) in [5, 5.41) is 123. The number of hydrogen-bond acceptors (Lipinski definition) is 23. The molecule has 0 aromatic rings. The molecule has 10 N–H and O–H groups in total. The molecular formula is C54H83NaO23. The van der Waals surface area contributed by atoms with E-state index >= 15 is 0 Å². The molecule has 9 aliphatic rings. The number of carbonyl (C=O) groups excluding carboxylic acids is 3. The van der Waals surface area contributed by atoms with Gasteiger partial charge in [0.15, 0.2) is 18.9 Å². The smallest absolute Gasteiger partial charge is 0.547 e. The number of carboxylic acids is 1. The maximum atomic E-state index is 13.6. The maximum absolute atomic E-state index is 13.6. The summed E-state index contributed by atoms with van der Waals surface area (Å²) in [4.78, 5) is 38.3. The van der Waals surface area contributed by atoms with Crippen molar-refractivity contribution in [2.75, 3.05) is 26.4 Å². The molecule has 4 heterocycles. The molecule has 8 fully saturated rings. The summed E-state index contributed by atoms with van der Waals surface area (Å²) in [7, 11) is 0. The van der Waals surface area contributed by atoms with E-state index < -0.39 is 187 Å². The molecule has 5 aliphatic carbocycles. The van der Waals surface area contributed by atoms with E-state index in [1.54, 1.807) is 13.8 Å². The summed E-state index contributed by atoms with van der Waals surface area (Å²) in [6.07, 6.45) is -23.3. The summed E-state index contributed by atoms with van der Waals surface area (Å²) >= 11 is 0. The monoisotopic (exact) mass is 1120 g/mol. The Labute approximate surface area is 476 Å². The molecule has 438 valence electrons. The number of ether oxygens (including phenoxy) is 9. The molecule has 9 rings (SSSR count). The van der Waals surface area contributed by atoms with Gasteiger partial charge < -0.3 is 104 Å². The van der Waals surface area contributed by atoms with Gasteiger partial charge >= 0.3 is 41.5 Å². The molecule has 10 unspecified atom stereocenters. The fraction of sp³-hybridized carbons (Fsp3) is 0.907. The Kier molecular flexibility index (Phi) is 18.0. The number of hydrogen-bond donors (Lipinski definition) is 10. The quantitative estimate of drug-likeness (QED) is 0.0337. The molecule has 28 atom stereocenters. The molecule has 4 saturated carbocycles. The number of allylic oxidation sites excluding steroid dienone is 2. The van der Waals surface area contributed by atoms with E-state index in [2.05, 4.69) is 40.7 Å². The van der Waals surface area contributed by atoms with Gasteiger partial charge in [-0.25, -0.2) is 0 Å². The van der Waals surface area contributed by atoms with Crippen LogP contribution in [-0.4, -0.2) is 212 Å². The Morgan fingerprint density at radius 1 is 0.769 bits per heavy atom. The first kappa shape index (κ1) is 62.5. The fourth-order valence-corrected chi connectivity index (χ4v) is 16.5. The molecule has 0 aromatic heterocycles. The van der Waals surface area contributed by atoms with Gasteiger partial charge in [0, 0.05) is 12.3 Å². The van der Waals surface area contributed by atoms with E-state index in [9.17, 15) is 70.6 Å². The topological polar surface area (TPSA) is 360 Å². The summed E-state index contributed by atoms with van der Waals surface area (Å²) in [6.45, 7) is 15.8. The predicted molar refractivity (Wildman–Crippen MR) is 258 cm³/mol. The number of fused-ring (bicyclic) bond motifs is 7. The van der Waals surface area contributed by atoms with Gasteiger partial charge in [0.05, 0.1) is 61.5 Å². The SMILES string of the molecule is CC(=O)OC(C)C(C)C(=O)OCC12C3CC(C)(C)[C@H](O[C@@H]1C[C@]1(C)C3=CCC3C4(C)CCC(O[C@@H]5O[C@H](C(=O)[O-])[C@@H](O[C@H]6O[C@H](CO)[C@@H](O)[C@H](O)[C@H]6O)[C@H](O)[C@H]5O[C@@H]5OC[C@@H](O)[C@H](O)[C@H]5O)[C@](C)(CO)C4CCC31C)C2O.[Na+]. The zero-order valence-electron chi connectivity index (χ0n) is 46.4. The van der Waals surface area contributed by atoms with Gasteiger partial charge in [-0.3, -0.25) is 9.59 Å². The molecular weight excluding hydrogens is 1040 g/mol. The van der Waals surface area contributed by atoms with Gasteiger partial charge in [-0.05, 0) is 98.2 Å². The van der Waals surface area contributed by atoms with Crippen molar-refractivity contribution in [3.8, 4) is 0 Å². The average molecular weight is 1120 g/mol. The third kappa shape index (κ3) is 9.81. The normalized spacial score (nSPS) is 51.0. The molecule has 0 aromatic carbocycles. The first-order valence-electron chi connectivity index (χ1n) is 27.4. The number of aliphatic hydroxyl groups is 10. The minimum Gasteiger partial charge on any atom is -0.547 e. The second-order valence-corrected chi connectivity index (χ2v) is 25.8. The summed E-state index contributed by atoms with van der Waals surface area (Å²) in [5.74, 6) is -4.10. The van der Waals surface area contributed by atoms with Crippen molar-refractivity contribution < 1.29 is 143 Å². The molecule has 4 aliphatic heterocycles. The van der Waals surface area contributed by atoms with Crippen molar-refractivity contribution in [2.24, 2.45) is 56.2 Å². The van der Waals surface area contributed by atoms with E-state index in [1.165, 1.54) is 12.5 Å². The van der Waals surface area contributed by atoms with Gasteiger partial charge in [0.1, 0.15) is 79.9 Å². The van der Waals surface area contributed by atoms with Crippen LogP contribution in [0.2, 0.25) is 0 Å². The zero-order valence-corrected chi connectivity index (χ0v) is 48.4. The molecule has 2 bridgehead atoms. The number of carbonyl (C=O) groups is 3. The average Bonchev–Trinajstić information content (AvgIpc) is 3.60. The first-order chi connectivity index (χ1) is 36.0. The summed E-state index contributed by atoms with van der Waals surface area (Å²) < 4.78 is 54.1. The van der Waals surface area contributed by atoms with Crippen LogP contribution in [0.3, 0.4) is 0 Å². The van der Waals surface area contributed by atoms with E-state index in [1.807, 2.05) is 6.92 Å². The summed E-state index contributed by atoms with van der Waals surface area (Å²) in [6, 6.07) is 0. The van der Waals surface area contributed by atoms with Gasteiger partial charge in [-0.15, -0.1) is 0 Å². The largest absolute Gasteiger partial charge is 1.00 e. The van der Waals surface area contributed by atoms with Crippen LogP contribution in [0.25, 0.3) is 0 Å². The first-order valence-corrected chi connectivity index (χ1v) is 27.4. The van der Waals surface area contributed by atoms with Crippen molar-refractivity contribution in [1.82, 2.24) is 0 Å². The van der Waals surface area contributed by atoms with Crippen LogP contribution in [0.5, 0.6) is 0 Å². The molecule has 0 amide bonds. The number of aliphatic carboxylic acids is 1. The van der Waals surface area contributed by atoms with E-state index in [-0.39, 0.29) is 59.3 Å². The van der Waals surface area contributed by atoms with E-state index in [0.717, 1.165) is 0 Å². The Hall–Kier alpha value is -1.53. The second-order valence-electron chi connectivity index (χ2n) is 25.8. The van der Waals surface area contributed by atoms with Crippen LogP contribution in [-0.2, 0) is 57.0 Å². The fourth-order valence-electron chi connectivity index (χ4n) is 16.5. The third-order valence-electron chi connectivity index (χ3n) is 21.3. The van der Waals surface area contributed by atoms with Gasteiger partial charge in [0.25, 0.3) is 0 Å². The van der Waals surface area contributed by atoms with Crippen LogP contribution in [0, 0.1) is 56.2 Å². The number of rotatable bonds is 14. The molecule has 0 spiro atoms. The van der Waals surface area contributed by atoms with Crippen LogP contribution in [0.1, 0.15) is 107 Å². The van der Waals surface area contributed by atoms with E-state index in [0.29, 0.717) is 44.9 Å². The Morgan fingerprint density at radius 3 is 2.08 bits per heavy atom. The molecule has 4 saturated heterocycles. The van der Waals surface area contributed by atoms with Crippen molar-refractivity contribution in [1.29, 1.82) is 0 Å². The molecule has 0 radical (unpaired) electrons. The molecule has 23 nitrogen and oxygen atoms in total. The van der Waals surface area contributed by atoms with Crippen molar-refractivity contribution in [2.45, 2.75) is 224 Å². The number of carboxylic acid groups (broad SMARTS) is 1. The third-order valence-corrected chi connectivity index (χ3v) is 21.3. The minimum absolute atomic E-state index is 0. The van der Waals surface area contributed by atoms with Crippen molar-refractivity contribution >= 4 is 17.9 Å². The predicted octanol–water partition coefficient (Wildman–Crippen LogP) is -4.92. The van der Waals surface area contributed by atoms with Gasteiger partial charge in [0.2, 0.25) is 0 Å². The molecule has 78 heavy (non-hydrogen) atoms. The van der Waals surface area contributed by atoms with Crippen LogP contribution in [0.15, 0.2) is 11.6 Å². The van der Waals surface area contributed by atoms with Crippen LogP contribution < -0.4 is 34.7 Å².